The van der Waals surface area contributed by atoms with E-state index in [4.69, 9.17) is 10.8 Å². The molecule has 0 fully saturated rings. The van der Waals surface area contributed by atoms with E-state index < -0.39 is 5.97 Å². The molecule has 1 aromatic heterocycles. The van der Waals surface area contributed by atoms with E-state index >= 15 is 0 Å². The second-order valence-electron chi connectivity index (χ2n) is 3.81. The number of aromatic carboxylic acids is 1. The van der Waals surface area contributed by atoms with E-state index in [1.807, 2.05) is 6.92 Å². The first-order valence-electron chi connectivity index (χ1n) is 5.34. The molecule has 1 aromatic carbocycles. The number of aromatic nitrogens is 1. The molecule has 0 amide bonds. The van der Waals surface area contributed by atoms with Crippen LogP contribution in [0.1, 0.15) is 20.2 Å². The van der Waals surface area contributed by atoms with Crippen LogP contribution in [0.2, 0.25) is 0 Å². The van der Waals surface area contributed by atoms with E-state index in [-0.39, 0.29) is 5.56 Å². The number of carboxylic acid groups (broad SMARTS) is 1. The van der Waals surface area contributed by atoms with Crippen molar-refractivity contribution in [1.29, 1.82) is 0 Å². The number of carbonyl (C=O) groups is 1. The highest BCUT2D eigenvalue weighted by atomic mass is 32.1. The summed E-state index contributed by atoms with van der Waals surface area (Å²) in [5, 5.41) is 13.0. The summed E-state index contributed by atoms with van der Waals surface area (Å²) < 4.78 is 0. The number of anilines is 2. The zero-order valence-corrected chi connectivity index (χ0v) is 10.6. The number of thiazole rings is 1. The van der Waals surface area contributed by atoms with E-state index in [1.165, 1.54) is 12.1 Å². The van der Waals surface area contributed by atoms with Gasteiger partial charge in [-0.3, -0.25) is 0 Å². The number of aryl methyl sites for hydroxylation is 1. The fraction of sp³-hybridized carbons (Fsp3) is 0.167. The van der Waals surface area contributed by atoms with Crippen molar-refractivity contribution < 1.29 is 9.90 Å². The molecule has 2 rings (SSSR count). The number of carboxylic acids is 1. The van der Waals surface area contributed by atoms with E-state index in [9.17, 15) is 4.79 Å². The first kappa shape index (κ1) is 12.4. The summed E-state index contributed by atoms with van der Waals surface area (Å²) in [5.41, 5.74) is 7.16. The lowest BCUT2D eigenvalue weighted by Gasteiger charge is -2.08. The summed E-state index contributed by atoms with van der Waals surface area (Å²) in [6, 6.07) is 4.61. The van der Waals surface area contributed by atoms with Gasteiger partial charge in [0.15, 0.2) is 0 Å². The molecule has 18 heavy (non-hydrogen) atoms. The molecule has 0 unspecified atom stereocenters. The molecule has 0 spiro atoms. The Kier molecular flexibility index (Phi) is 3.47. The van der Waals surface area contributed by atoms with Gasteiger partial charge < -0.3 is 16.2 Å². The molecule has 0 bridgehead atoms. The van der Waals surface area contributed by atoms with Crippen molar-refractivity contribution >= 4 is 28.7 Å². The number of nitrogen functional groups attached to an aromatic ring is 1. The Labute approximate surface area is 108 Å². The average molecular weight is 263 g/mol. The predicted octanol–water partition coefficient (Wildman–Crippen LogP) is 2.34. The van der Waals surface area contributed by atoms with Gasteiger partial charge in [0.1, 0.15) is 0 Å². The minimum Gasteiger partial charge on any atom is -0.478 e. The molecular weight excluding hydrogens is 250 g/mol. The second-order valence-corrected chi connectivity index (χ2v) is 5.13. The zero-order valence-electron chi connectivity index (χ0n) is 9.80. The minimum atomic E-state index is -0.966. The molecule has 0 atom stereocenters. The summed E-state index contributed by atoms with van der Waals surface area (Å²) in [7, 11) is 0. The molecule has 0 saturated heterocycles. The monoisotopic (exact) mass is 263 g/mol. The number of hydrogen-bond donors (Lipinski definition) is 3. The third-order valence-electron chi connectivity index (χ3n) is 2.42. The molecule has 5 nitrogen and oxygen atoms in total. The molecule has 0 aliphatic rings. The van der Waals surface area contributed by atoms with Gasteiger partial charge >= 0.3 is 5.97 Å². The van der Waals surface area contributed by atoms with Gasteiger partial charge in [-0.1, -0.05) is 0 Å². The maximum Gasteiger partial charge on any atom is 0.335 e. The molecule has 1 heterocycles. The third-order valence-corrected chi connectivity index (χ3v) is 3.34. The number of nitrogens with zero attached hydrogens (tertiary/aromatic N) is 1. The predicted molar refractivity (Wildman–Crippen MR) is 72.0 cm³/mol. The van der Waals surface area contributed by atoms with Gasteiger partial charge in [-0.2, -0.15) is 0 Å². The lowest BCUT2D eigenvalue weighted by atomic mass is 10.1. The highest BCUT2D eigenvalue weighted by molar-refractivity contribution is 7.11. The summed E-state index contributed by atoms with van der Waals surface area (Å²) in [5.74, 6) is -0.966. The summed E-state index contributed by atoms with van der Waals surface area (Å²) in [6.45, 7) is 2.52. The molecule has 0 aliphatic heterocycles. The number of hydrogen-bond acceptors (Lipinski definition) is 5. The fourth-order valence-electron chi connectivity index (χ4n) is 1.51. The van der Waals surface area contributed by atoms with Crippen molar-refractivity contribution in [3.8, 4) is 0 Å². The molecule has 2 aromatic rings. The van der Waals surface area contributed by atoms with Crippen LogP contribution in [0.4, 0.5) is 11.4 Å². The minimum absolute atomic E-state index is 0.215. The Hall–Kier alpha value is -2.08. The number of nitrogens with one attached hydrogen (secondary N) is 1. The maximum absolute atomic E-state index is 10.9. The van der Waals surface area contributed by atoms with Gasteiger partial charge in [0.2, 0.25) is 0 Å². The van der Waals surface area contributed by atoms with Crippen LogP contribution in [0.5, 0.6) is 0 Å². The summed E-state index contributed by atoms with van der Waals surface area (Å²) >= 11 is 1.59. The van der Waals surface area contributed by atoms with Gasteiger partial charge in [-0.25, -0.2) is 9.78 Å². The average Bonchev–Trinajstić information content (AvgIpc) is 2.74. The van der Waals surface area contributed by atoms with Crippen LogP contribution in [0.3, 0.4) is 0 Å². The molecular formula is C12H13N3O2S. The largest absolute Gasteiger partial charge is 0.478 e. The number of benzene rings is 1. The standard InChI is InChI=1S/C12H13N3O2S/c1-7-14-5-9(18-7)6-15-11-4-8(12(16)17)2-3-10(11)13/h2-5,15H,6,13H2,1H3,(H,16,17). The Morgan fingerprint density at radius 1 is 1.56 bits per heavy atom. The van der Waals surface area contributed by atoms with Gasteiger partial charge in [-0.15, -0.1) is 11.3 Å². The molecule has 94 valence electrons. The SMILES string of the molecule is Cc1ncc(CNc2cc(C(=O)O)ccc2N)s1. The first-order valence-corrected chi connectivity index (χ1v) is 6.16. The van der Waals surface area contributed by atoms with Gasteiger partial charge in [0, 0.05) is 11.1 Å². The number of rotatable bonds is 4. The quantitative estimate of drug-likeness (QED) is 0.737. The summed E-state index contributed by atoms with van der Waals surface area (Å²) in [4.78, 5) is 16.1. The van der Waals surface area contributed by atoms with Crippen molar-refractivity contribution in [2.75, 3.05) is 11.1 Å². The molecule has 0 saturated carbocycles. The molecule has 6 heteroatoms. The smallest absolute Gasteiger partial charge is 0.335 e. The zero-order chi connectivity index (χ0) is 13.1. The van der Waals surface area contributed by atoms with Crippen LogP contribution in [0.25, 0.3) is 0 Å². The van der Waals surface area contributed by atoms with Crippen LogP contribution in [0, 0.1) is 6.92 Å². The topological polar surface area (TPSA) is 88.2 Å². The Balaban J connectivity index is 2.13. The van der Waals surface area contributed by atoms with Crippen LogP contribution in [-0.2, 0) is 6.54 Å². The van der Waals surface area contributed by atoms with Gasteiger partial charge in [0.05, 0.1) is 28.5 Å². The second kappa shape index (κ2) is 5.05. The lowest BCUT2D eigenvalue weighted by Crippen LogP contribution is -2.04. The van der Waals surface area contributed by atoms with Crippen LogP contribution in [0.15, 0.2) is 24.4 Å². The van der Waals surface area contributed by atoms with Crippen LogP contribution >= 0.6 is 11.3 Å². The van der Waals surface area contributed by atoms with Crippen molar-refractivity contribution in [2.24, 2.45) is 0 Å². The van der Waals surface area contributed by atoms with Gasteiger partial charge in [-0.05, 0) is 25.1 Å². The molecule has 0 radical (unpaired) electrons. The Morgan fingerprint density at radius 3 is 2.94 bits per heavy atom. The van der Waals surface area contributed by atoms with Crippen molar-refractivity contribution in [3.63, 3.8) is 0 Å². The first-order chi connectivity index (χ1) is 8.56. The molecule has 0 aliphatic carbocycles. The summed E-state index contributed by atoms with van der Waals surface area (Å²) in [6.07, 6.45) is 1.80. The highest BCUT2D eigenvalue weighted by Crippen LogP contribution is 2.22. The fourth-order valence-corrected chi connectivity index (χ4v) is 2.25. The van der Waals surface area contributed by atoms with E-state index in [0.29, 0.717) is 17.9 Å². The van der Waals surface area contributed by atoms with Gasteiger partial charge in [0.25, 0.3) is 0 Å². The van der Waals surface area contributed by atoms with Crippen molar-refractivity contribution in [2.45, 2.75) is 13.5 Å². The normalized spacial score (nSPS) is 10.3. The van der Waals surface area contributed by atoms with Crippen molar-refractivity contribution in [3.05, 3.63) is 39.8 Å². The van der Waals surface area contributed by atoms with Crippen LogP contribution in [-0.4, -0.2) is 16.1 Å². The highest BCUT2D eigenvalue weighted by Gasteiger charge is 2.07. The Morgan fingerprint density at radius 2 is 2.33 bits per heavy atom. The van der Waals surface area contributed by atoms with Crippen molar-refractivity contribution in [1.82, 2.24) is 4.98 Å². The Bertz CT molecular complexity index is 580. The van der Waals surface area contributed by atoms with E-state index in [1.54, 1.807) is 23.6 Å². The van der Waals surface area contributed by atoms with E-state index in [0.717, 1.165) is 9.88 Å². The molecule has 4 N–H and O–H groups in total. The van der Waals surface area contributed by atoms with Crippen LogP contribution < -0.4 is 11.1 Å². The van der Waals surface area contributed by atoms with E-state index in [2.05, 4.69) is 10.3 Å². The number of nitrogens with two attached hydrogens (primary N) is 1. The third kappa shape index (κ3) is 2.78. The lowest BCUT2D eigenvalue weighted by molar-refractivity contribution is 0.0697. The maximum atomic E-state index is 10.9.